The van der Waals surface area contributed by atoms with E-state index in [9.17, 15) is 4.79 Å². The van der Waals surface area contributed by atoms with E-state index in [0.29, 0.717) is 12.3 Å². The molecule has 1 saturated heterocycles. The zero-order chi connectivity index (χ0) is 15.5. The maximum atomic E-state index is 11.8. The van der Waals surface area contributed by atoms with Gasteiger partial charge in [-0.25, -0.2) is 4.79 Å². The van der Waals surface area contributed by atoms with Crippen molar-refractivity contribution in [3.05, 3.63) is 42.1 Å². The molecule has 1 aromatic heterocycles. The summed E-state index contributed by atoms with van der Waals surface area (Å²) >= 11 is 0. The van der Waals surface area contributed by atoms with Crippen LogP contribution < -0.4 is 0 Å². The number of aromatic amines is 1. The van der Waals surface area contributed by atoms with Gasteiger partial charge in [-0.3, -0.25) is 0 Å². The van der Waals surface area contributed by atoms with Gasteiger partial charge in [-0.15, -0.1) is 0 Å². The summed E-state index contributed by atoms with van der Waals surface area (Å²) in [5, 5.41) is 1.01. The van der Waals surface area contributed by atoms with Crippen LogP contribution >= 0.6 is 0 Å². The number of likely N-dealkylation sites (tertiary alicyclic amines) is 1. The fourth-order valence-electron chi connectivity index (χ4n) is 2.98. The molecule has 1 aliphatic rings. The molecule has 0 spiro atoms. The second kappa shape index (κ2) is 6.26. The first-order valence-corrected chi connectivity index (χ1v) is 7.93. The van der Waals surface area contributed by atoms with Gasteiger partial charge in [0.15, 0.2) is 0 Å². The lowest BCUT2D eigenvalue weighted by Gasteiger charge is -2.30. The topological polar surface area (TPSA) is 45.3 Å². The van der Waals surface area contributed by atoms with Crippen LogP contribution in [0.2, 0.25) is 0 Å². The predicted molar refractivity (Wildman–Crippen MR) is 88.7 cm³/mol. The van der Waals surface area contributed by atoms with E-state index in [1.807, 2.05) is 12.1 Å². The lowest BCUT2D eigenvalue weighted by atomic mass is 10.1. The lowest BCUT2D eigenvalue weighted by Crippen LogP contribution is -2.27. The molecule has 2 heterocycles. The number of ether oxygens (including phenoxy) is 1. The van der Waals surface area contributed by atoms with Crippen LogP contribution in [0.1, 0.15) is 42.2 Å². The fourth-order valence-corrected chi connectivity index (χ4v) is 2.98. The van der Waals surface area contributed by atoms with Crippen LogP contribution in [-0.4, -0.2) is 35.5 Å². The second-order valence-electron chi connectivity index (χ2n) is 5.70. The maximum absolute atomic E-state index is 11.8. The number of nitrogens with zero attached hydrogens (tertiary/aromatic N) is 1. The third kappa shape index (κ3) is 2.86. The zero-order valence-electron chi connectivity index (χ0n) is 13.0. The van der Waals surface area contributed by atoms with Crippen molar-refractivity contribution in [1.82, 2.24) is 9.88 Å². The van der Waals surface area contributed by atoms with Gasteiger partial charge in [0.2, 0.25) is 0 Å². The van der Waals surface area contributed by atoms with E-state index in [2.05, 4.69) is 28.6 Å². The van der Waals surface area contributed by atoms with E-state index in [-0.39, 0.29) is 5.97 Å². The van der Waals surface area contributed by atoms with Crippen molar-refractivity contribution in [3.63, 3.8) is 0 Å². The normalized spacial score (nSPS) is 15.0. The molecule has 0 saturated carbocycles. The largest absolute Gasteiger partial charge is 0.461 e. The summed E-state index contributed by atoms with van der Waals surface area (Å²) < 4.78 is 5.03. The summed E-state index contributed by atoms with van der Waals surface area (Å²) in [4.78, 5) is 17.3. The van der Waals surface area contributed by atoms with Crippen molar-refractivity contribution in [2.75, 3.05) is 19.7 Å². The number of hydrogen-bond acceptors (Lipinski definition) is 3. The van der Waals surface area contributed by atoms with Crippen molar-refractivity contribution >= 4 is 22.6 Å². The molecule has 4 heteroatoms. The van der Waals surface area contributed by atoms with Gasteiger partial charge in [0.05, 0.1) is 6.61 Å². The van der Waals surface area contributed by atoms with Crippen LogP contribution in [0.3, 0.4) is 0 Å². The molecule has 4 nitrogen and oxygen atoms in total. The number of aromatic nitrogens is 1. The number of carbonyl (C=O) groups excluding carboxylic acids is 1. The van der Waals surface area contributed by atoms with E-state index in [1.165, 1.54) is 19.3 Å². The Balaban J connectivity index is 1.85. The first-order valence-electron chi connectivity index (χ1n) is 7.93. The van der Waals surface area contributed by atoms with Gasteiger partial charge in [0.25, 0.3) is 0 Å². The van der Waals surface area contributed by atoms with Crippen LogP contribution in [0.15, 0.2) is 30.8 Å². The highest BCUT2D eigenvalue weighted by molar-refractivity contribution is 5.95. The Hall–Kier alpha value is -2.23. The van der Waals surface area contributed by atoms with Crippen LogP contribution in [-0.2, 0) is 4.74 Å². The number of H-pyrrole nitrogens is 1. The number of piperidine rings is 1. The minimum absolute atomic E-state index is 0.310. The van der Waals surface area contributed by atoms with Crippen molar-refractivity contribution in [2.24, 2.45) is 0 Å². The van der Waals surface area contributed by atoms with Gasteiger partial charge >= 0.3 is 5.97 Å². The number of benzene rings is 1. The molecule has 0 amide bonds. The Labute approximate surface area is 130 Å². The van der Waals surface area contributed by atoms with Crippen LogP contribution in [0.4, 0.5) is 0 Å². The third-order valence-electron chi connectivity index (χ3n) is 4.19. The van der Waals surface area contributed by atoms with Gasteiger partial charge in [-0.1, -0.05) is 12.6 Å². The number of esters is 1. The average Bonchev–Trinajstić information content (AvgIpc) is 2.98. The van der Waals surface area contributed by atoms with Crippen molar-refractivity contribution in [3.8, 4) is 0 Å². The van der Waals surface area contributed by atoms with E-state index in [4.69, 9.17) is 4.74 Å². The molecule has 0 bridgehead atoms. The quantitative estimate of drug-likeness (QED) is 0.873. The summed E-state index contributed by atoms with van der Waals surface area (Å²) in [5.74, 6) is -0.310. The highest BCUT2D eigenvalue weighted by Gasteiger charge is 2.15. The smallest absolute Gasteiger partial charge is 0.354 e. The Morgan fingerprint density at radius 3 is 2.77 bits per heavy atom. The molecule has 0 aliphatic carbocycles. The highest BCUT2D eigenvalue weighted by atomic mass is 16.5. The maximum Gasteiger partial charge on any atom is 0.354 e. The van der Waals surface area contributed by atoms with Crippen molar-refractivity contribution < 1.29 is 9.53 Å². The van der Waals surface area contributed by atoms with Gasteiger partial charge in [-0.2, -0.15) is 0 Å². The number of carbonyl (C=O) groups is 1. The molecule has 22 heavy (non-hydrogen) atoms. The number of rotatable bonds is 4. The molecule has 1 aliphatic heterocycles. The molecule has 1 N–H and O–H groups in total. The molecule has 3 rings (SSSR count). The monoisotopic (exact) mass is 298 g/mol. The first kappa shape index (κ1) is 14.7. The Morgan fingerprint density at radius 2 is 2.05 bits per heavy atom. The van der Waals surface area contributed by atoms with Crippen molar-refractivity contribution in [2.45, 2.75) is 26.2 Å². The van der Waals surface area contributed by atoms with Crippen LogP contribution in [0.25, 0.3) is 16.6 Å². The summed E-state index contributed by atoms with van der Waals surface area (Å²) in [6, 6.07) is 8.00. The van der Waals surface area contributed by atoms with E-state index in [1.54, 1.807) is 6.92 Å². The molecule has 116 valence electrons. The Morgan fingerprint density at radius 1 is 1.27 bits per heavy atom. The minimum Gasteiger partial charge on any atom is -0.461 e. The molecule has 2 aromatic rings. The standard InChI is InChI=1S/C18H22N2O2/c1-3-22-18(21)17-12-15-11-14(7-8-16(15)19-17)13(2)20-9-5-4-6-10-20/h7-8,11-12,19H,2-6,9-10H2,1H3. The SMILES string of the molecule is C=C(c1ccc2[nH]c(C(=O)OCC)cc2c1)N1CCCCC1. The van der Waals surface area contributed by atoms with Crippen LogP contribution in [0, 0.1) is 0 Å². The first-order chi connectivity index (χ1) is 10.7. The molecular formula is C18H22N2O2. The lowest BCUT2D eigenvalue weighted by molar-refractivity contribution is 0.0520. The van der Waals surface area contributed by atoms with Gasteiger partial charge in [0.1, 0.15) is 5.69 Å². The molecule has 1 fully saturated rings. The van der Waals surface area contributed by atoms with Crippen molar-refractivity contribution in [1.29, 1.82) is 0 Å². The number of hydrogen-bond donors (Lipinski definition) is 1. The van der Waals surface area contributed by atoms with E-state index >= 15 is 0 Å². The number of nitrogens with one attached hydrogen (secondary N) is 1. The number of fused-ring (bicyclic) bond motifs is 1. The summed E-state index contributed by atoms with van der Waals surface area (Å²) in [6.45, 7) is 8.60. The minimum atomic E-state index is -0.310. The molecule has 0 radical (unpaired) electrons. The fraction of sp³-hybridized carbons (Fsp3) is 0.389. The van der Waals surface area contributed by atoms with E-state index in [0.717, 1.165) is 35.3 Å². The summed E-state index contributed by atoms with van der Waals surface area (Å²) in [5.41, 5.74) is 3.63. The zero-order valence-corrected chi connectivity index (χ0v) is 13.0. The predicted octanol–water partition coefficient (Wildman–Crippen LogP) is 3.80. The Bertz CT molecular complexity index is 696. The highest BCUT2D eigenvalue weighted by Crippen LogP contribution is 2.25. The average molecular weight is 298 g/mol. The molecular weight excluding hydrogens is 276 g/mol. The molecule has 0 atom stereocenters. The Kier molecular flexibility index (Phi) is 4.18. The van der Waals surface area contributed by atoms with Gasteiger partial charge < -0.3 is 14.6 Å². The van der Waals surface area contributed by atoms with Crippen LogP contribution in [0.5, 0.6) is 0 Å². The summed E-state index contributed by atoms with van der Waals surface area (Å²) in [7, 11) is 0. The third-order valence-corrected chi connectivity index (χ3v) is 4.19. The molecule has 0 unspecified atom stereocenters. The van der Waals surface area contributed by atoms with Gasteiger partial charge in [-0.05, 0) is 49.9 Å². The van der Waals surface area contributed by atoms with Gasteiger partial charge in [0, 0.05) is 29.7 Å². The summed E-state index contributed by atoms with van der Waals surface area (Å²) in [6.07, 6.45) is 3.78. The second-order valence-corrected chi connectivity index (χ2v) is 5.70. The molecule has 1 aromatic carbocycles. The van der Waals surface area contributed by atoms with E-state index < -0.39 is 0 Å².